The molecule has 1 aromatic heterocycles. The zero-order valence-electron chi connectivity index (χ0n) is 15.0. The minimum atomic E-state index is -0.1000. The van der Waals surface area contributed by atoms with E-state index >= 15 is 0 Å². The maximum Gasteiger partial charge on any atom is 0.255 e. The second-order valence-corrected chi connectivity index (χ2v) is 6.52. The van der Waals surface area contributed by atoms with Gasteiger partial charge in [0.05, 0.1) is 5.56 Å². The lowest BCUT2D eigenvalue weighted by Gasteiger charge is -2.20. The molecule has 0 aliphatic carbocycles. The molecule has 1 aromatic carbocycles. The van der Waals surface area contributed by atoms with Gasteiger partial charge in [0.25, 0.3) is 5.91 Å². The van der Waals surface area contributed by atoms with Crippen molar-refractivity contribution >= 4 is 29.0 Å². The predicted octanol–water partition coefficient (Wildman–Crippen LogP) is 3.80. The van der Waals surface area contributed by atoms with E-state index in [9.17, 15) is 9.59 Å². The number of hydrogen-bond acceptors (Lipinski definition) is 4. The van der Waals surface area contributed by atoms with Crippen LogP contribution in [-0.2, 0) is 4.79 Å². The van der Waals surface area contributed by atoms with Crippen LogP contribution < -0.4 is 10.6 Å². The van der Waals surface area contributed by atoms with Crippen molar-refractivity contribution in [3.8, 4) is 0 Å². The molecule has 0 radical (unpaired) electrons. The number of nitrogens with zero attached hydrogens (tertiary/aromatic N) is 2. The lowest BCUT2D eigenvalue weighted by molar-refractivity contribution is -0.114. The quantitative estimate of drug-likeness (QED) is 0.878. The van der Waals surface area contributed by atoms with E-state index in [0.29, 0.717) is 11.4 Å². The molecule has 26 heavy (non-hydrogen) atoms. The number of benzene rings is 1. The second-order valence-electron chi connectivity index (χ2n) is 6.52. The lowest BCUT2D eigenvalue weighted by atomic mass is 10.2. The van der Waals surface area contributed by atoms with Crippen molar-refractivity contribution < 1.29 is 9.59 Å². The van der Waals surface area contributed by atoms with E-state index in [1.54, 1.807) is 6.20 Å². The third kappa shape index (κ3) is 4.81. The van der Waals surface area contributed by atoms with Gasteiger partial charge in [-0.3, -0.25) is 9.59 Å². The number of aromatic nitrogens is 1. The summed E-state index contributed by atoms with van der Waals surface area (Å²) in [6, 6.07) is 11.0. The van der Waals surface area contributed by atoms with Crippen molar-refractivity contribution in [2.75, 3.05) is 23.7 Å². The van der Waals surface area contributed by atoms with Crippen LogP contribution in [0.25, 0.3) is 0 Å². The highest BCUT2D eigenvalue weighted by Gasteiger charge is 2.17. The number of pyridine rings is 1. The van der Waals surface area contributed by atoms with Gasteiger partial charge in [0, 0.05) is 37.6 Å². The smallest absolute Gasteiger partial charge is 0.255 e. The molecule has 6 heteroatoms. The summed E-state index contributed by atoms with van der Waals surface area (Å²) < 4.78 is 0. The largest absolute Gasteiger partial charge is 0.340 e. The fourth-order valence-corrected chi connectivity index (χ4v) is 3.04. The first-order chi connectivity index (χ1) is 12.6. The summed E-state index contributed by atoms with van der Waals surface area (Å²) in [5, 5.41) is 5.92. The molecular weight excluding hydrogens is 328 g/mol. The molecule has 1 fully saturated rings. The molecular formula is C20H24N4O2. The maximum atomic E-state index is 12.6. The van der Waals surface area contributed by atoms with Gasteiger partial charge in [-0.15, -0.1) is 0 Å². The van der Waals surface area contributed by atoms with Crippen LogP contribution in [0.4, 0.5) is 17.2 Å². The van der Waals surface area contributed by atoms with Crippen molar-refractivity contribution in [3.05, 3.63) is 48.2 Å². The zero-order chi connectivity index (χ0) is 18.4. The lowest BCUT2D eigenvalue weighted by Crippen LogP contribution is -2.31. The highest BCUT2D eigenvalue weighted by Crippen LogP contribution is 2.19. The first-order valence-corrected chi connectivity index (χ1v) is 9.02. The third-order valence-electron chi connectivity index (χ3n) is 4.38. The SMILES string of the molecule is CC(=O)Nc1ccc(Nc2ccc(C(=O)N3CCCCCC3)cn2)cc1. The van der Waals surface area contributed by atoms with Crippen LogP contribution in [0.5, 0.6) is 0 Å². The number of hydrogen-bond donors (Lipinski definition) is 2. The van der Waals surface area contributed by atoms with Crippen LogP contribution in [0.3, 0.4) is 0 Å². The van der Waals surface area contributed by atoms with E-state index < -0.39 is 0 Å². The molecule has 136 valence electrons. The molecule has 6 nitrogen and oxygen atoms in total. The van der Waals surface area contributed by atoms with Crippen molar-refractivity contribution in [3.63, 3.8) is 0 Å². The molecule has 1 aliphatic heterocycles. The Labute approximate surface area is 153 Å². The molecule has 2 aromatic rings. The van der Waals surface area contributed by atoms with Gasteiger partial charge in [-0.2, -0.15) is 0 Å². The molecule has 2 heterocycles. The van der Waals surface area contributed by atoms with Crippen molar-refractivity contribution in [1.82, 2.24) is 9.88 Å². The Hall–Kier alpha value is -2.89. The molecule has 2 amide bonds. The number of nitrogens with one attached hydrogen (secondary N) is 2. The molecule has 2 N–H and O–H groups in total. The zero-order valence-corrected chi connectivity index (χ0v) is 15.0. The molecule has 1 saturated heterocycles. The van der Waals surface area contributed by atoms with Gasteiger partial charge in [0.2, 0.25) is 5.91 Å². The molecule has 0 spiro atoms. The highest BCUT2D eigenvalue weighted by atomic mass is 16.2. The van der Waals surface area contributed by atoms with Crippen LogP contribution in [0.15, 0.2) is 42.6 Å². The topological polar surface area (TPSA) is 74.3 Å². The summed E-state index contributed by atoms with van der Waals surface area (Å²) in [5.74, 6) is 0.632. The third-order valence-corrected chi connectivity index (χ3v) is 4.38. The first kappa shape index (κ1) is 17.9. The Morgan fingerprint density at radius 2 is 1.58 bits per heavy atom. The standard InChI is InChI=1S/C20H24N4O2/c1-15(25)22-17-7-9-18(10-8-17)23-19-11-6-16(14-21-19)20(26)24-12-4-2-3-5-13-24/h6-11,14H,2-5,12-13H2,1H3,(H,21,23)(H,22,25). The fourth-order valence-electron chi connectivity index (χ4n) is 3.04. The summed E-state index contributed by atoms with van der Waals surface area (Å²) in [6.07, 6.45) is 6.18. The van der Waals surface area contributed by atoms with Gasteiger partial charge in [0.15, 0.2) is 0 Å². The molecule has 0 saturated carbocycles. The maximum absolute atomic E-state index is 12.6. The molecule has 1 aliphatic rings. The highest BCUT2D eigenvalue weighted by molar-refractivity contribution is 5.94. The monoisotopic (exact) mass is 352 g/mol. The van der Waals surface area contributed by atoms with Crippen molar-refractivity contribution in [2.45, 2.75) is 32.6 Å². The average Bonchev–Trinajstić information content (AvgIpc) is 2.92. The number of carbonyl (C=O) groups is 2. The predicted molar refractivity (Wildman–Crippen MR) is 103 cm³/mol. The number of rotatable bonds is 4. The minimum absolute atomic E-state index is 0.0608. The Morgan fingerprint density at radius 1 is 0.923 bits per heavy atom. The Morgan fingerprint density at radius 3 is 2.15 bits per heavy atom. The summed E-state index contributed by atoms with van der Waals surface area (Å²) in [5.41, 5.74) is 2.23. The van der Waals surface area contributed by atoms with Crippen LogP contribution in [0.2, 0.25) is 0 Å². The number of likely N-dealkylation sites (tertiary alicyclic amines) is 1. The van der Waals surface area contributed by atoms with E-state index in [-0.39, 0.29) is 11.8 Å². The van der Waals surface area contributed by atoms with Crippen molar-refractivity contribution in [1.29, 1.82) is 0 Å². The van der Waals surface area contributed by atoms with Gasteiger partial charge < -0.3 is 15.5 Å². The van der Waals surface area contributed by atoms with Gasteiger partial charge in [-0.1, -0.05) is 12.8 Å². The van der Waals surface area contributed by atoms with Crippen LogP contribution in [0.1, 0.15) is 43.0 Å². The Bertz CT molecular complexity index is 748. The fraction of sp³-hybridized carbons (Fsp3) is 0.350. The minimum Gasteiger partial charge on any atom is -0.340 e. The Kier molecular flexibility index (Phi) is 5.84. The summed E-state index contributed by atoms with van der Waals surface area (Å²) in [6.45, 7) is 3.14. The van der Waals surface area contributed by atoms with E-state index in [2.05, 4.69) is 15.6 Å². The Balaban J connectivity index is 1.62. The second kappa shape index (κ2) is 8.47. The van der Waals surface area contributed by atoms with E-state index in [4.69, 9.17) is 0 Å². The number of amides is 2. The van der Waals surface area contributed by atoms with Crippen LogP contribution >= 0.6 is 0 Å². The van der Waals surface area contributed by atoms with E-state index in [1.165, 1.54) is 19.8 Å². The molecule has 0 atom stereocenters. The van der Waals surface area contributed by atoms with Crippen LogP contribution in [0, 0.1) is 0 Å². The number of anilines is 3. The van der Waals surface area contributed by atoms with E-state index in [0.717, 1.165) is 37.3 Å². The number of carbonyl (C=O) groups excluding carboxylic acids is 2. The molecule has 0 bridgehead atoms. The summed E-state index contributed by atoms with van der Waals surface area (Å²) >= 11 is 0. The average molecular weight is 352 g/mol. The van der Waals surface area contributed by atoms with Crippen molar-refractivity contribution in [2.24, 2.45) is 0 Å². The first-order valence-electron chi connectivity index (χ1n) is 9.02. The molecule has 0 unspecified atom stereocenters. The summed E-state index contributed by atoms with van der Waals surface area (Å²) in [4.78, 5) is 29.9. The van der Waals surface area contributed by atoms with E-state index in [1.807, 2.05) is 41.3 Å². The van der Waals surface area contributed by atoms with Gasteiger partial charge in [-0.05, 0) is 49.2 Å². The van der Waals surface area contributed by atoms with Gasteiger partial charge >= 0.3 is 0 Å². The summed E-state index contributed by atoms with van der Waals surface area (Å²) in [7, 11) is 0. The van der Waals surface area contributed by atoms with Gasteiger partial charge in [0.1, 0.15) is 5.82 Å². The van der Waals surface area contributed by atoms with Gasteiger partial charge in [-0.25, -0.2) is 4.98 Å². The normalized spacial score (nSPS) is 14.4. The molecule has 3 rings (SSSR count). The van der Waals surface area contributed by atoms with Crippen LogP contribution in [-0.4, -0.2) is 34.8 Å².